The van der Waals surface area contributed by atoms with Gasteiger partial charge >= 0.3 is 0 Å². The number of hydrogen-bond acceptors (Lipinski definition) is 5. The second-order valence-corrected chi connectivity index (χ2v) is 9.60. The summed E-state index contributed by atoms with van der Waals surface area (Å²) in [5.74, 6) is 0.0250. The van der Waals surface area contributed by atoms with Crippen molar-refractivity contribution in [3.8, 4) is 0 Å². The molecule has 1 atom stereocenters. The predicted octanol–water partition coefficient (Wildman–Crippen LogP) is 3.24. The molecule has 8 heteroatoms. The zero-order valence-corrected chi connectivity index (χ0v) is 19.5. The van der Waals surface area contributed by atoms with Crippen LogP contribution in [0.15, 0.2) is 35.4 Å². The quantitative estimate of drug-likeness (QED) is 0.622. The van der Waals surface area contributed by atoms with Gasteiger partial charge in [0.15, 0.2) is 0 Å². The number of anilines is 1. The van der Waals surface area contributed by atoms with E-state index < -0.39 is 0 Å². The molecular formula is C24H28N4O3S. The molecule has 0 fully saturated rings. The molecule has 7 nitrogen and oxygen atoms in total. The van der Waals surface area contributed by atoms with Crippen molar-refractivity contribution in [2.45, 2.75) is 46.1 Å². The first-order valence-corrected chi connectivity index (χ1v) is 11.8. The maximum atomic E-state index is 13.1. The molecule has 1 aliphatic carbocycles. The summed E-state index contributed by atoms with van der Waals surface area (Å²) in [4.78, 5) is 46.1. The Morgan fingerprint density at radius 1 is 1.31 bits per heavy atom. The molecule has 32 heavy (non-hydrogen) atoms. The molecule has 2 heterocycles. The molecule has 0 bridgehead atoms. The van der Waals surface area contributed by atoms with E-state index in [1.807, 2.05) is 31.2 Å². The molecule has 0 saturated carbocycles. The molecule has 1 N–H and O–H groups in total. The van der Waals surface area contributed by atoms with Crippen molar-refractivity contribution >= 4 is 39.1 Å². The van der Waals surface area contributed by atoms with Crippen LogP contribution in [0.4, 0.5) is 5.69 Å². The molecule has 0 radical (unpaired) electrons. The Labute approximate surface area is 191 Å². The Kier molecular flexibility index (Phi) is 6.41. The number of fused-ring (bicyclic) bond motifs is 3. The van der Waals surface area contributed by atoms with E-state index in [0.29, 0.717) is 11.3 Å². The zero-order chi connectivity index (χ0) is 22.8. The van der Waals surface area contributed by atoms with Crippen LogP contribution in [0.2, 0.25) is 0 Å². The highest BCUT2D eigenvalue weighted by Crippen LogP contribution is 2.35. The smallest absolute Gasteiger partial charge is 0.262 e. The minimum Gasteiger partial charge on any atom is -0.335 e. The van der Waals surface area contributed by atoms with Crippen LogP contribution in [0.3, 0.4) is 0 Å². The number of rotatable bonds is 6. The highest BCUT2D eigenvalue weighted by atomic mass is 32.1. The third kappa shape index (κ3) is 4.46. The molecule has 1 aromatic carbocycles. The van der Waals surface area contributed by atoms with Crippen molar-refractivity contribution < 1.29 is 9.59 Å². The zero-order valence-electron chi connectivity index (χ0n) is 18.7. The lowest BCUT2D eigenvalue weighted by Gasteiger charge is -2.18. The average Bonchev–Trinajstić information content (AvgIpc) is 3.14. The van der Waals surface area contributed by atoms with Gasteiger partial charge in [0.2, 0.25) is 11.8 Å². The number of carbonyl (C=O) groups is 2. The van der Waals surface area contributed by atoms with Gasteiger partial charge < -0.3 is 10.2 Å². The van der Waals surface area contributed by atoms with Gasteiger partial charge in [-0.15, -0.1) is 11.3 Å². The van der Waals surface area contributed by atoms with Gasteiger partial charge in [-0.3, -0.25) is 19.0 Å². The Morgan fingerprint density at radius 2 is 2.09 bits per heavy atom. The van der Waals surface area contributed by atoms with Crippen LogP contribution in [0.25, 0.3) is 10.2 Å². The number of nitrogens with one attached hydrogen (secondary N) is 1. The summed E-state index contributed by atoms with van der Waals surface area (Å²) in [6.45, 7) is 4.02. The molecule has 0 saturated heterocycles. The number of hydrogen-bond donors (Lipinski definition) is 1. The monoisotopic (exact) mass is 452 g/mol. The van der Waals surface area contributed by atoms with E-state index in [9.17, 15) is 14.4 Å². The number of aryl methyl sites for hydroxylation is 2. The minimum absolute atomic E-state index is 0.0902. The van der Waals surface area contributed by atoms with Gasteiger partial charge in [0.05, 0.1) is 18.3 Å². The Bertz CT molecular complexity index is 1230. The molecule has 1 aliphatic rings. The highest BCUT2D eigenvalue weighted by Gasteiger charge is 2.24. The number of amides is 2. The minimum atomic E-state index is -0.315. The lowest BCUT2D eigenvalue weighted by Crippen LogP contribution is -2.38. The second kappa shape index (κ2) is 9.24. The third-order valence-corrected chi connectivity index (χ3v) is 7.23. The number of thiophene rings is 1. The summed E-state index contributed by atoms with van der Waals surface area (Å²) in [5, 5.41) is 3.52. The largest absolute Gasteiger partial charge is 0.335 e. The first kappa shape index (κ1) is 22.2. The molecule has 168 valence electrons. The van der Waals surface area contributed by atoms with E-state index in [1.54, 1.807) is 18.4 Å². The predicted molar refractivity (Wildman–Crippen MR) is 127 cm³/mol. The van der Waals surface area contributed by atoms with Crippen LogP contribution >= 0.6 is 11.3 Å². The topological polar surface area (TPSA) is 84.3 Å². The fraction of sp³-hybridized carbons (Fsp3) is 0.417. The standard InChI is InChI=1S/C24H28N4O3S/c1-4-16-7-5-6-8-18(16)26-20(29)12-27(3)21(30)13-28-14-25-23-22(24(28)31)17-10-9-15(2)11-19(17)32-23/h5-8,14-15H,4,9-13H2,1-3H3,(H,26,29)/t15-/m0/s1. The van der Waals surface area contributed by atoms with E-state index in [2.05, 4.69) is 17.2 Å². The van der Waals surface area contributed by atoms with Crippen molar-refractivity contribution in [2.24, 2.45) is 5.92 Å². The summed E-state index contributed by atoms with van der Waals surface area (Å²) in [7, 11) is 1.57. The molecule has 0 spiro atoms. The maximum Gasteiger partial charge on any atom is 0.262 e. The molecule has 2 aromatic heterocycles. The second-order valence-electron chi connectivity index (χ2n) is 8.52. The summed E-state index contributed by atoms with van der Waals surface area (Å²) < 4.78 is 1.36. The fourth-order valence-corrected chi connectivity index (χ4v) is 5.53. The van der Waals surface area contributed by atoms with Crippen LogP contribution in [0.5, 0.6) is 0 Å². The first-order chi connectivity index (χ1) is 15.4. The van der Waals surface area contributed by atoms with Gasteiger partial charge in [-0.2, -0.15) is 0 Å². The summed E-state index contributed by atoms with van der Waals surface area (Å²) in [6, 6.07) is 7.60. The van der Waals surface area contributed by atoms with Crippen molar-refractivity contribution in [2.75, 3.05) is 18.9 Å². The van der Waals surface area contributed by atoms with Gasteiger partial charge in [0, 0.05) is 17.6 Å². The Morgan fingerprint density at radius 3 is 2.88 bits per heavy atom. The fourth-order valence-electron chi connectivity index (χ4n) is 4.19. The molecule has 2 amide bonds. The Balaban J connectivity index is 1.46. The Hall–Kier alpha value is -3.00. The summed E-state index contributed by atoms with van der Waals surface area (Å²) in [6.07, 6.45) is 5.16. The molecule has 4 rings (SSSR count). The molecular weight excluding hydrogens is 424 g/mol. The van der Waals surface area contributed by atoms with E-state index >= 15 is 0 Å². The average molecular weight is 453 g/mol. The normalized spacial score (nSPS) is 15.4. The first-order valence-electron chi connectivity index (χ1n) is 11.0. The van der Waals surface area contributed by atoms with Gasteiger partial charge in [0.1, 0.15) is 11.4 Å². The molecule has 0 unspecified atom stereocenters. The van der Waals surface area contributed by atoms with Gasteiger partial charge in [-0.25, -0.2) is 4.98 Å². The number of likely N-dealkylation sites (N-methyl/N-ethyl adjacent to an activating group) is 1. The maximum absolute atomic E-state index is 13.1. The summed E-state index contributed by atoms with van der Waals surface area (Å²) in [5.41, 5.74) is 2.72. The molecule has 3 aromatic rings. The van der Waals surface area contributed by atoms with Crippen LogP contribution in [0.1, 0.15) is 36.3 Å². The lowest BCUT2D eigenvalue weighted by atomic mass is 9.89. The number of benzene rings is 1. The number of para-hydroxylation sites is 1. The van der Waals surface area contributed by atoms with E-state index in [-0.39, 0.29) is 30.5 Å². The van der Waals surface area contributed by atoms with Crippen molar-refractivity contribution in [3.05, 3.63) is 57.0 Å². The number of aromatic nitrogens is 2. The SMILES string of the molecule is CCc1ccccc1NC(=O)CN(C)C(=O)Cn1cnc2sc3c(c2c1=O)CC[C@H](C)C3. The van der Waals surface area contributed by atoms with Gasteiger partial charge in [-0.05, 0) is 48.8 Å². The van der Waals surface area contributed by atoms with E-state index in [4.69, 9.17) is 0 Å². The van der Waals surface area contributed by atoms with Crippen LogP contribution in [-0.2, 0) is 35.4 Å². The van der Waals surface area contributed by atoms with Crippen LogP contribution in [0, 0.1) is 5.92 Å². The van der Waals surface area contributed by atoms with Crippen molar-refractivity contribution in [1.82, 2.24) is 14.5 Å². The van der Waals surface area contributed by atoms with Crippen molar-refractivity contribution in [1.29, 1.82) is 0 Å². The third-order valence-electron chi connectivity index (χ3n) is 6.07. The van der Waals surface area contributed by atoms with E-state index in [1.165, 1.54) is 20.7 Å². The number of carbonyl (C=O) groups excluding carboxylic acids is 2. The van der Waals surface area contributed by atoms with E-state index in [0.717, 1.165) is 47.3 Å². The number of nitrogens with zero attached hydrogens (tertiary/aromatic N) is 3. The summed E-state index contributed by atoms with van der Waals surface area (Å²) >= 11 is 1.59. The van der Waals surface area contributed by atoms with Crippen LogP contribution in [-0.4, -0.2) is 39.9 Å². The molecule has 0 aliphatic heterocycles. The van der Waals surface area contributed by atoms with Gasteiger partial charge in [-0.1, -0.05) is 32.0 Å². The lowest BCUT2D eigenvalue weighted by molar-refractivity contribution is -0.133. The van der Waals surface area contributed by atoms with Crippen LogP contribution < -0.4 is 10.9 Å². The van der Waals surface area contributed by atoms with Gasteiger partial charge in [0.25, 0.3) is 5.56 Å². The van der Waals surface area contributed by atoms with Crippen molar-refractivity contribution in [3.63, 3.8) is 0 Å². The highest BCUT2D eigenvalue weighted by molar-refractivity contribution is 7.18.